The Morgan fingerprint density at radius 3 is 2.22 bits per heavy atom. The van der Waals surface area contributed by atoms with Crippen LogP contribution in [0.4, 0.5) is 0 Å². The average molecular weight is 395 g/mol. The van der Waals surface area contributed by atoms with Gasteiger partial charge in [-0.25, -0.2) is 0 Å². The number of unbranched alkanes of at least 4 members (excludes halogenated alkanes) is 10. The van der Waals surface area contributed by atoms with Crippen molar-refractivity contribution in [3.05, 3.63) is 30.0 Å². The average Bonchev–Trinajstić information content (AvgIpc) is 2.68. The number of thioether (sulfide) groups is 1. The number of hydrogen-bond acceptors (Lipinski definition) is 3. The summed E-state index contributed by atoms with van der Waals surface area (Å²) < 4.78 is 4.60. The fraction of sp³-hybridized carbons (Fsp3) is 0.750. The molecule has 0 radical (unpaired) electrons. The molecule has 0 bridgehead atoms. The number of ether oxygens (including phenoxy) is 1. The second-order valence-electron chi connectivity index (χ2n) is 7.00. The van der Waals surface area contributed by atoms with Crippen LogP contribution in [0.3, 0.4) is 0 Å². The molecule has 0 aromatic rings. The van der Waals surface area contributed by atoms with Gasteiger partial charge in [0.05, 0.1) is 7.11 Å². The van der Waals surface area contributed by atoms with Gasteiger partial charge in [-0.3, -0.25) is 4.79 Å². The number of carbonyl (C=O) groups excluding carboxylic acids is 1. The quantitative estimate of drug-likeness (QED) is 0.0974. The molecule has 0 unspecified atom stereocenters. The number of carbonyl (C=O) groups is 1. The van der Waals surface area contributed by atoms with Crippen LogP contribution in [-0.4, -0.2) is 24.6 Å². The largest absolute Gasteiger partial charge is 0.469 e. The zero-order chi connectivity index (χ0) is 19.8. The van der Waals surface area contributed by atoms with Crippen molar-refractivity contribution in [2.45, 2.75) is 96.8 Å². The van der Waals surface area contributed by atoms with Crippen LogP contribution in [-0.2, 0) is 9.53 Å². The van der Waals surface area contributed by atoms with Gasteiger partial charge < -0.3 is 4.74 Å². The normalized spacial score (nSPS) is 10.7. The summed E-state index contributed by atoms with van der Waals surface area (Å²) >= 11 is 1.95. The van der Waals surface area contributed by atoms with Gasteiger partial charge in [-0.2, -0.15) is 11.8 Å². The highest BCUT2D eigenvalue weighted by molar-refractivity contribution is 7.99. The molecule has 2 nitrogen and oxygen atoms in total. The van der Waals surface area contributed by atoms with Crippen molar-refractivity contribution in [3.63, 3.8) is 0 Å². The van der Waals surface area contributed by atoms with E-state index in [1.165, 1.54) is 83.5 Å². The first kappa shape index (κ1) is 26.1. The van der Waals surface area contributed by atoms with Crippen molar-refractivity contribution < 1.29 is 9.53 Å². The molecule has 0 aromatic carbocycles. The first-order valence-corrected chi connectivity index (χ1v) is 12.2. The van der Waals surface area contributed by atoms with Gasteiger partial charge in [0.1, 0.15) is 0 Å². The van der Waals surface area contributed by atoms with E-state index in [1.807, 2.05) is 17.8 Å². The third-order valence-electron chi connectivity index (χ3n) is 4.46. The summed E-state index contributed by atoms with van der Waals surface area (Å²) in [7, 11) is 1.43. The molecule has 0 fully saturated rings. The molecule has 27 heavy (non-hydrogen) atoms. The molecular weight excluding hydrogens is 352 g/mol. The highest BCUT2D eigenvalue weighted by Gasteiger charge is 1.96. The Kier molecular flexibility index (Phi) is 22.3. The summed E-state index contributed by atoms with van der Waals surface area (Å²) in [5.74, 6) is 2.06. The standard InChI is InChI=1S/C24H42O2S/c1-3-4-5-6-7-8-9-10-11-12-13-16-19-22-27-23-20-17-14-15-18-21-24(25)26-2/h13-14,16,20H,3-12,15,18-19,21-23H2,1-2H3/b16-13-. The minimum atomic E-state index is -0.131. The van der Waals surface area contributed by atoms with Gasteiger partial charge in [0, 0.05) is 12.2 Å². The van der Waals surface area contributed by atoms with Gasteiger partial charge in [0.25, 0.3) is 0 Å². The van der Waals surface area contributed by atoms with E-state index >= 15 is 0 Å². The van der Waals surface area contributed by atoms with E-state index in [0.717, 1.165) is 18.6 Å². The fourth-order valence-corrected chi connectivity index (χ4v) is 3.45. The Hall–Kier alpha value is -0.920. The van der Waals surface area contributed by atoms with Crippen molar-refractivity contribution in [3.8, 4) is 0 Å². The predicted molar refractivity (Wildman–Crippen MR) is 121 cm³/mol. The molecule has 0 saturated heterocycles. The Morgan fingerprint density at radius 2 is 1.52 bits per heavy atom. The molecular formula is C24H42O2S. The van der Waals surface area contributed by atoms with Crippen LogP contribution in [0.1, 0.15) is 96.8 Å². The maximum absolute atomic E-state index is 10.9. The Labute approximate surface area is 172 Å². The van der Waals surface area contributed by atoms with E-state index in [4.69, 9.17) is 0 Å². The molecule has 0 N–H and O–H groups in total. The number of rotatable bonds is 19. The van der Waals surface area contributed by atoms with E-state index in [0.29, 0.717) is 6.42 Å². The third-order valence-corrected chi connectivity index (χ3v) is 5.39. The molecule has 0 aliphatic rings. The van der Waals surface area contributed by atoms with Gasteiger partial charge in [-0.05, 0) is 50.0 Å². The van der Waals surface area contributed by atoms with Crippen LogP contribution in [0.5, 0.6) is 0 Å². The van der Waals surface area contributed by atoms with E-state index in [9.17, 15) is 4.79 Å². The van der Waals surface area contributed by atoms with Crippen molar-refractivity contribution in [1.29, 1.82) is 0 Å². The first-order valence-electron chi connectivity index (χ1n) is 11.0. The minimum Gasteiger partial charge on any atom is -0.469 e. The summed E-state index contributed by atoms with van der Waals surface area (Å²) in [6, 6.07) is 0. The zero-order valence-corrected chi connectivity index (χ0v) is 18.7. The van der Waals surface area contributed by atoms with Crippen LogP contribution in [0.25, 0.3) is 0 Å². The second kappa shape index (κ2) is 23.1. The van der Waals surface area contributed by atoms with Gasteiger partial charge in [-0.15, -0.1) is 5.73 Å². The Balaban J connectivity index is 3.26. The van der Waals surface area contributed by atoms with E-state index < -0.39 is 0 Å². The molecule has 0 aliphatic heterocycles. The van der Waals surface area contributed by atoms with Crippen molar-refractivity contribution >= 4 is 17.7 Å². The second-order valence-corrected chi connectivity index (χ2v) is 8.15. The predicted octanol–water partition coefficient (Wildman–Crippen LogP) is 7.64. The van der Waals surface area contributed by atoms with Crippen LogP contribution < -0.4 is 0 Å². The molecule has 0 aliphatic carbocycles. The molecule has 3 heteroatoms. The summed E-state index contributed by atoms with van der Waals surface area (Å²) in [4.78, 5) is 10.9. The first-order chi connectivity index (χ1) is 13.3. The minimum absolute atomic E-state index is 0.131. The van der Waals surface area contributed by atoms with Gasteiger partial charge >= 0.3 is 5.97 Å². The number of hydrogen-bond donors (Lipinski definition) is 0. The molecule has 0 atom stereocenters. The molecule has 0 saturated carbocycles. The number of esters is 1. The van der Waals surface area contributed by atoms with Crippen molar-refractivity contribution in [2.24, 2.45) is 0 Å². The molecule has 0 heterocycles. The van der Waals surface area contributed by atoms with Gasteiger partial charge in [-0.1, -0.05) is 70.4 Å². The monoisotopic (exact) mass is 394 g/mol. The van der Waals surface area contributed by atoms with Gasteiger partial charge in [0.15, 0.2) is 0 Å². The summed E-state index contributed by atoms with van der Waals surface area (Å²) in [6.07, 6.45) is 26.1. The molecule has 0 rings (SSSR count). The lowest BCUT2D eigenvalue weighted by atomic mass is 10.1. The van der Waals surface area contributed by atoms with E-state index in [1.54, 1.807) is 0 Å². The molecule has 0 amide bonds. The van der Waals surface area contributed by atoms with Crippen molar-refractivity contribution in [1.82, 2.24) is 0 Å². The van der Waals surface area contributed by atoms with E-state index in [2.05, 4.69) is 35.6 Å². The zero-order valence-electron chi connectivity index (χ0n) is 17.8. The highest BCUT2D eigenvalue weighted by atomic mass is 32.2. The Bertz CT molecular complexity index is 409. The fourth-order valence-electron chi connectivity index (χ4n) is 2.77. The molecule has 0 aromatic heterocycles. The lowest BCUT2D eigenvalue weighted by Crippen LogP contribution is -1.98. The van der Waals surface area contributed by atoms with Gasteiger partial charge in [0.2, 0.25) is 0 Å². The maximum atomic E-state index is 10.9. The molecule has 0 spiro atoms. The lowest BCUT2D eigenvalue weighted by Gasteiger charge is -2.00. The summed E-state index contributed by atoms with van der Waals surface area (Å²) in [5, 5.41) is 0. The van der Waals surface area contributed by atoms with Crippen LogP contribution in [0.2, 0.25) is 0 Å². The smallest absolute Gasteiger partial charge is 0.305 e. The topological polar surface area (TPSA) is 26.3 Å². The SMILES string of the molecule is CCCCCCCCCCC/C=C\CCSCC=C=CCCCC(=O)OC. The third kappa shape index (κ3) is 23.0. The number of allylic oxidation sites excluding steroid dienone is 2. The van der Waals surface area contributed by atoms with Crippen LogP contribution in [0.15, 0.2) is 30.0 Å². The summed E-state index contributed by atoms with van der Waals surface area (Å²) in [6.45, 7) is 2.28. The Morgan fingerprint density at radius 1 is 0.852 bits per heavy atom. The van der Waals surface area contributed by atoms with Crippen LogP contribution >= 0.6 is 11.8 Å². The van der Waals surface area contributed by atoms with E-state index in [-0.39, 0.29) is 5.97 Å². The maximum Gasteiger partial charge on any atom is 0.305 e. The van der Waals surface area contributed by atoms with Crippen LogP contribution in [0, 0.1) is 0 Å². The lowest BCUT2D eigenvalue weighted by molar-refractivity contribution is -0.140. The van der Waals surface area contributed by atoms with Crippen molar-refractivity contribution in [2.75, 3.05) is 18.6 Å². The summed E-state index contributed by atoms with van der Waals surface area (Å²) in [5.41, 5.74) is 3.19. The molecule has 156 valence electrons. The number of methoxy groups -OCH3 is 1. The highest BCUT2D eigenvalue weighted by Crippen LogP contribution is 2.11.